The molecule has 2 amide bonds. The summed E-state index contributed by atoms with van der Waals surface area (Å²) >= 11 is 3.43. The van der Waals surface area contributed by atoms with Gasteiger partial charge in [-0.15, -0.1) is 0 Å². The minimum absolute atomic E-state index is 0.113. The summed E-state index contributed by atoms with van der Waals surface area (Å²) in [5.41, 5.74) is 3.17. The first-order valence-corrected chi connectivity index (χ1v) is 15.0. The van der Waals surface area contributed by atoms with Crippen LogP contribution in [0.1, 0.15) is 55.7 Å². The van der Waals surface area contributed by atoms with Crippen molar-refractivity contribution in [3.8, 4) is 0 Å². The van der Waals surface area contributed by atoms with Gasteiger partial charge in [0, 0.05) is 17.1 Å². The van der Waals surface area contributed by atoms with Gasteiger partial charge in [0.1, 0.15) is 12.6 Å². The molecule has 0 saturated heterocycles. The van der Waals surface area contributed by atoms with E-state index in [4.69, 9.17) is 0 Å². The average molecular weight is 579 g/mol. The number of nitrogens with one attached hydrogen (secondary N) is 1. The van der Waals surface area contributed by atoms with E-state index in [1.54, 1.807) is 25.1 Å². The highest BCUT2D eigenvalue weighted by Crippen LogP contribution is 2.25. The van der Waals surface area contributed by atoms with E-state index < -0.39 is 28.5 Å². The first-order valence-electron chi connectivity index (χ1n) is 12.4. The molecule has 1 N–H and O–H groups in total. The normalized spacial score (nSPS) is 15.2. The van der Waals surface area contributed by atoms with Crippen LogP contribution in [0.3, 0.4) is 0 Å². The lowest BCUT2D eigenvalue weighted by molar-refractivity contribution is -0.139. The van der Waals surface area contributed by atoms with Gasteiger partial charge < -0.3 is 10.2 Å². The van der Waals surface area contributed by atoms with Crippen molar-refractivity contribution < 1.29 is 18.0 Å². The van der Waals surface area contributed by atoms with Crippen LogP contribution in [0.5, 0.6) is 0 Å². The van der Waals surface area contributed by atoms with Crippen LogP contribution >= 0.6 is 15.9 Å². The van der Waals surface area contributed by atoms with Crippen molar-refractivity contribution in [2.24, 2.45) is 0 Å². The van der Waals surface area contributed by atoms with Crippen LogP contribution < -0.4 is 9.62 Å². The molecule has 0 aromatic heterocycles. The van der Waals surface area contributed by atoms with Gasteiger partial charge in [-0.05, 0) is 68.5 Å². The van der Waals surface area contributed by atoms with Gasteiger partial charge >= 0.3 is 0 Å². The highest BCUT2D eigenvalue weighted by atomic mass is 79.9. The van der Waals surface area contributed by atoms with E-state index in [0.29, 0.717) is 5.69 Å². The fourth-order valence-corrected chi connectivity index (χ4v) is 5.61. The number of halogens is 1. The summed E-state index contributed by atoms with van der Waals surface area (Å²) in [6.45, 7) is 5.34. The predicted octanol–water partition coefficient (Wildman–Crippen LogP) is 4.70. The second kappa shape index (κ2) is 12.2. The Hall–Kier alpha value is -2.39. The third kappa shape index (κ3) is 7.32. The molecule has 1 fully saturated rings. The molecular weight excluding hydrogens is 542 g/mol. The van der Waals surface area contributed by atoms with Crippen LogP contribution in [-0.4, -0.2) is 50.0 Å². The zero-order valence-corrected chi connectivity index (χ0v) is 23.9. The summed E-state index contributed by atoms with van der Waals surface area (Å²) in [6.07, 6.45) is 6.31. The van der Waals surface area contributed by atoms with Crippen molar-refractivity contribution in [1.82, 2.24) is 10.2 Å². The molecule has 1 atom stereocenters. The van der Waals surface area contributed by atoms with E-state index in [1.165, 1.54) is 11.3 Å². The summed E-state index contributed by atoms with van der Waals surface area (Å²) in [7, 11) is -3.76. The maximum Gasteiger partial charge on any atom is 0.244 e. The molecule has 2 aromatic carbocycles. The van der Waals surface area contributed by atoms with E-state index in [2.05, 4.69) is 21.2 Å². The molecular formula is C27H36BrN3O4S. The van der Waals surface area contributed by atoms with E-state index in [9.17, 15) is 18.0 Å². The molecule has 0 unspecified atom stereocenters. The molecule has 0 heterocycles. The smallest absolute Gasteiger partial charge is 0.244 e. The molecule has 0 bridgehead atoms. The molecule has 1 aliphatic rings. The number of carbonyl (C=O) groups is 2. The molecule has 0 spiro atoms. The van der Waals surface area contributed by atoms with Crippen LogP contribution in [-0.2, 0) is 26.2 Å². The number of hydrogen-bond acceptors (Lipinski definition) is 4. The van der Waals surface area contributed by atoms with Crippen LogP contribution in [0.15, 0.2) is 46.9 Å². The van der Waals surface area contributed by atoms with Gasteiger partial charge in [-0.2, -0.15) is 0 Å². The van der Waals surface area contributed by atoms with E-state index >= 15 is 0 Å². The van der Waals surface area contributed by atoms with Crippen molar-refractivity contribution >= 4 is 43.5 Å². The van der Waals surface area contributed by atoms with Crippen LogP contribution in [0.25, 0.3) is 0 Å². The van der Waals surface area contributed by atoms with Crippen LogP contribution in [0, 0.1) is 13.8 Å². The lowest BCUT2D eigenvalue weighted by Crippen LogP contribution is -2.53. The first-order chi connectivity index (χ1) is 17.0. The maximum absolute atomic E-state index is 13.7. The molecule has 9 heteroatoms. The Balaban J connectivity index is 1.89. The Labute approximate surface area is 223 Å². The predicted molar refractivity (Wildman–Crippen MR) is 147 cm³/mol. The monoisotopic (exact) mass is 577 g/mol. The lowest BCUT2D eigenvalue weighted by atomic mass is 9.95. The van der Waals surface area contributed by atoms with Gasteiger partial charge in [-0.1, -0.05) is 59.5 Å². The molecule has 0 radical (unpaired) electrons. The van der Waals surface area contributed by atoms with E-state index in [-0.39, 0.29) is 18.5 Å². The van der Waals surface area contributed by atoms with Crippen molar-refractivity contribution in [2.45, 2.75) is 71.5 Å². The minimum atomic E-state index is -3.76. The minimum Gasteiger partial charge on any atom is -0.352 e. The number of nitrogens with zero attached hydrogens (tertiary/aromatic N) is 2. The van der Waals surface area contributed by atoms with Gasteiger partial charge in [0.15, 0.2) is 0 Å². The fourth-order valence-electron chi connectivity index (χ4n) is 4.52. The van der Waals surface area contributed by atoms with E-state index in [1.807, 2.05) is 38.1 Å². The quantitative estimate of drug-likeness (QED) is 0.468. The first kappa shape index (κ1) is 28.2. The van der Waals surface area contributed by atoms with Crippen molar-refractivity contribution in [1.29, 1.82) is 0 Å². The molecule has 196 valence electrons. The Bertz CT molecular complexity index is 1200. The third-order valence-electron chi connectivity index (χ3n) is 6.83. The summed E-state index contributed by atoms with van der Waals surface area (Å²) in [5, 5.41) is 3.11. The zero-order chi connectivity index (χ0) is 26.5. The number of hydrogen-bond donors (Lipinski definition) is 1. The average Bonchev–Trinajstić information content (AvgIpc) is 2.83. The molecule has 36 heavy (non-hydrogen) atoms. The number of aryl methyl sites for hydroxylation is 2. The molecule has 7 nitrogen and oxygen atoms in total. The second-order valence-corrected chi connectivity index (χ2v) is 12.4. The molecule has 2 aromatic rings. The largest absolute Gasteiger partial charge is 0.352 e. The van der Waals surface area contributed by atoms with E-state index in [0.717, 1.165) is 57.4 Å². The summed E-state index contributed by atoms with van der Waals surface area (Å²) < 4.78 is 27.4. The van der Waals surface area contributed by atoms with Gasteiger partial charge in [-0.3, -0.25) is 13.9 Å². The Kier molecular flexibility index (Phi) is 9.58. The Morgan fingerprint density at radius 1 is 1.06 bits per heavy atom. The summed E-state index contributed by atoms with van der Waals surface area (Å²) in [5.74, 6) is -0.648. The van der Waals surface area contributed by atoms with Crippen LogP contribution in [0.4, 0.5) is 5.69 Å². The second-order valence-electron chi connectivity index (χ2n) is 9.67. The SMILES string of the molecule is Cc1cc(N(CC(=O)N(Cc2ccccc2C)[C@@H](C)C(=O)NC2CCCCC2)S(C)(=O)=O)ccc1Br. The standard InChI is InChI=1S/C27H36BrN3O4S/c1-19-10-8-9-11-22(19)17-30(21(3)27(33)29-23-12-6-5-7-13-23)26(32)18-31(36(4,34)35)24-14-15-25(28)20(2)16-24/h8-11,14-16,21,23H,5-7,12-13,17-18H2,1-4H3,(H,29,33)/t21-/m0/s1. The Morgan fingerprint density at radius 2 is 1.72 bits per heavy atom. The molecule has 1 aliphatic carbocycles. The lowest BCUT2D eigenvalue weighted by Gasteiger charge is -2.33. The third-order valence-corrected chi connectivity index (χ3v) is 8.86. The number of anilines is 1. The highest BCUT2D eigenvalue weighted by Gasteiger charge is 2.31. The molecule has 3 rings (SSSR count). The number of carbonyl (C=O) groups excluding carboxylic acids is 2. The zero-order valence-electron chi connectivity index (χ0n) is 21.5. The van der Waals surface area contributed by atoms with Gasteiger partial charge in [-0.25, -0.2) is 8.42 Å². The molecule has 0 aliphatic heterocycles. The van der Waals surface area contributed by atoms with Crippen molar-refractivity contribution in [3.63, 3.8) is 0 Å². The maximum atomic E-state index is 13.7. The van der Waals surface area contributed by atoms with Crippen molar-refractivity contribution in [3.05, 3.63) is 63.6 Å². The highest BCUT2D eigenvalue weighted by molar-refractivity contribution is 9.10. The number of sulfonamides is 1. The number of rotatable bonds is 9. The van der Waals surface area contributed by atoms with Crippen molar-refractivity contribution in [2.75, 3.05) is 17.1 Å². The molecule has 1 saturated carbocycles. The topological polar surface area (TPSA) is 86.8 Å². The van der Waals surface area contributed by atoms with Crippen LogP contribution in [0.2, 0.25) is 0 Å². The van der Waals surface area contributed by atoms with Gasteiger partial charge in [0.25, 0.3) is 0 Å². The number of benzene rings is 2. The fraction of sp³-hybridized carbons (Fsp3) is 0.481. The van der Waals surface area contributed by atoms with Gasteiger partial charge in [0.05, 0.1) is 11.9 Å². The number of amides is 2. The summed E-state index contributed by atoms with van der Waals surface area (Å²) in [6, 6.07) is 12.2. The summed E-state index contributed by atoms with van der Waals surface area (Å²) in [4.78, 5) is 28.4. The Morgan fingerprint density at radius 3 is 2.33 bits per heavy atom. The van der Waals surface area contributed by atoms with Gasteiger partial charge in [0.2, 0.25) is 21.8 Å².